The Hall–Kier alpha value is -0.920. The van der Waals surface area contributed by atoms with Gasteiger partial charge in [-0.25, -0.2) is 0 Å². The quantitative estimate of drug-likeness (QED) is 0.774. The van der Waals surface area contributed by atoms with Crippen LogP contribution < -0.4 is 5.32 Å². The summed E-state index contributed by atoms with van der Waals surface area (Å²) in [7, 11) is 0. The Bertz CT molecular complexity index is 310. The van der Waals surface area contributed by atoms with Crippen LogP contribution in [0.2, 0.25) is 0 Å². The number of carbonyl (C=O) groups excluding carboxylic acids is 1. The lowest BCUT2D eigenvalue weighted by molar-refractivity contribution is -0.270. The first-order valence-electron chi connectivity index (χ1n) is 5.54. The van der Waals surface area contributed by atoms with Gasteiger partial charge in [-0.15, -0.1) is 0 Å². The highest BCUT2D eigenvalue weighted by Crippen LogP contribution is 2.35. The smallest absolute Gasteiger partial charge is 0.388 e. The molecule has 0 aromatic heterocycles. The van der Waals surface area contributed by atoms with Crippen LogP contribution in [-0.4, -0.2) is 35.3 Å². The van der Waals surface area contributed by atoms with Crippen LogP contribution in [0.1, 0.15) is 32.1 Å². The van der Waals surface area contributed by atoms with E-state index in [0.717, 1.165) is 6.42 Å². The number of aliphatic hydroxyl groups is 1. The van der Waals surface area contributed by atoms with Crippen molar-refractivity contribution in [3.8, 4) is 0 Å². The van der Waals surface area contributed by atoms with Gasteiger partial charge in [0.15, 0.2) is 0 Å². The highest BCUT2D eigenvalue weighted by molar-refractivity contribution is 5.84. The van der Waals surface area contributed by atoms with Crippen molar-refractivity contribution in [2.24, 2.45) is 0 Å². The van der Waals surface area contributed by atoms with Crippen molar-refractivity contribution in [3.05, 3.63) is 0 Å². The molecule has 106 valence electrons. The third kappa shape index (κ3) is 3.30. The normalized spacial score (nSPS) is 20.6. The Morgan fingerprint density at radius 1 is 1.11 bits per heavy atom. The SMILES string of the molecule is O=C(NCC1(O)CCCCC1)C(F)(F)C(F)(F)F. The molecule has 1 amide bonds. The third-order valence-electron chi connectivity index (χ3n) is 3.00. The standard InChI is InChI=1S/C10H14F5NO2/c11-9(12,10(13,14)15)7(17)16-6-8(18)4-2-1-3-5-8/h18H,1-6H2,(H,16,17). The molecule has 1 saturated carbocycles. The molecule has 8 heteroatoms. The molecule has 1 rings (SSSR count). The van der Waals surface area contributed by atoms with Crippen LogP contribution in [0.5, 0.6) is 0 Å². The molecule has 0 unspecified atom stereocenters. The molecule has 0 spiro atoms. The highest BCUT2D eigenvalue weighted by atomic mass is 19.4. The summed E-state index contributed by atoms with van der Waals surface area (Å²) < 4.78 is 60.8. The summed E-state index contributed by atoms with van der Waals surface area (Å²) in [6, 6.07) is 0. The summed E-state index contributed by atoms with van der Waals surface area (Å²) in [6.07, 6.45) is -3.18. The van der Waals surface area contributed by atoms with Crippen LogP contribution in [0.25, 0.3) is 0 Å². The van der Waals surface area contributed by atoms with Gasteiger partial charge in [0.2, 0.25) is 0 Å². The van der Waals surface area contributed by atoms with Gasteiger partial charge in [0, 0.05) is 6.54 Å². The van der Waals surface area contributed by atoms with Gasteiger partial charge in [-0.2, -0.15) is 22.0 Å². The second kappa shape index (κ2) is 4.99. The molecule has 1 fully saturated rings. The molecular formula is C10H14F5NO2. The first-order valence-corrected chi connectivity index (χ1v) is 5.54. The van der Waals surface area contributed by atoms with E-state index in [1.165, 1.54) is 5.32 Å². The van der Waals surface area contributed by atoms with Crippen LogP contribution in [-0.2, 0) is 4.79 Å². The minimum Gasteiger partial charge on any atom is -0.388 e. The Balaban J connectivity index is 2.55. The second-order valence-corrected chi connectivity index (χ2v) is 4.54. The number of rotatable bonds is 3. The average Bonchev–Trinajstić information content (AvgIpc) is 2.25. The Morgan fingerprint density at radius 3 is 2.06 bits per heavy atom. The summed E-state index contributed by atoms with van der Waals surface area (Å²) in [5.74, 6) is -7.85. The van der Waals surface area contributed by atoms with Gasteiger partial charge in [-0.05, 0) is 12.8 Å². The average molecular weight is 275 g/mol. The van der Waals surface area contributed by atoms with Gasteiger partial charge >= 0.3 is 12.1 Å². The maximum absolute atomic E-state index is 12.6. The van der Waals surface area contributed by atoms with Crippen molar-refractivity contribution in [2.45, 2.75) is 49.8 Å². The molecule has 3 nitrogen and oxygen atoms in total. The van der Waals surface area contributed by atoms with Gasteiger partial charge < -0.3 is 10.4 Å². The number of hydrogen-bond donors (Lipinski definition) is 2. The molecular weight excluding hydrogens is 261 g/mol. The van der Waals surface area contributed by atoms with Crippen molar-refractivity contribution in [1.82, 2.24) is 5.32 Å². The van der Waals surface area contributed by atoms with Crippen molar-refractivity contribution >= 4 is 5.91 Å². The fourth-order valence-electron chi connectivity index (χ4n) is 1.87. The van der Waals surface area contributed by atoms with Gasteiger partial charge in [-0.1, -0.05) is 19.3 Å². The van der Waals surface area contributed by atoms with Crippen LogP contribution in [0.4, 0.5) is 22.0 Å². The summed E-state index contributed by atoms with van der Waals surface area (Å²) in [5, 5.41) is 11.3. The van der Waals surface area contributed by atoms with Gasteiger partial charge in [0.25, 0.3) is 5.91 Å². The zero-order valence-corrected chi connectivity index (χ0v) is 9.49. The second-order valence-electron chi connectivity index (χ2n) is 4.54. The number of hydrogen-bond acceptors (Lipinski definition) is 2. The Morgan fingerprint density at radius 2 is 1.61 bits per heavy atom. The minimum atomic E-state index is -5.92. The van der Waals surface area contributed by atoms with Gasteiger partial charge in [-0.3, -0.25) is 4.79 Å². The van der Waals surface area contributed by atoms with E-state index in [-0.39, 0.29) is 12.8 Å². The summed E-state index contributed by atoms with van der Waals surface area (Å²) >= 11 is 0. The largest absolute Gasteiger partial charge is 0.463 e. The van der Waals surface area contributed by atoms with E-state index in [2.05, 4.69) is 0 Å². The monoisotopic (exact) mass is 275 g/mol. The number of amides is 1. The van der Waals surface area contributed by atoms with Gasteiger partial charge in [0.05, 0.1) is 5.60 Å². The van der Waals surface area contributed by atoms with Crippen molar-refractivity contribution in [1.29, 1.82) is 0 Å². The molecule has 1 aliphatic rings. The Labute approximate surface area is 100 Å². The van der Waals surface area contributed by atoms with Crippen LogP contribution >= 0.6 is 0 Å². The van der Waals surface area contributed by atoms with Crippen molar-refractivity contribution < 1.29 is 31.9 Å². The first kappa shape index (κ1) is 15.1. The minimum absolute atomic E-state index is 0.283. The predicted molar refractivity (Wildman–Crippen MR) is 52.0 cm³/mol. The van der Waals surface area contributed by atoms with Gasteiger partial charge in [0.1, 0.15) is 0 Å². The molecule has 0 saturated heterocycles. The number of nitrogens with one attached hydrogen (secondary N) is 1. The topological polar surface area (TPSA) is 49.3 Å². The summed E-state index contributed by atoms with van der Waals surface area (Å²) in [4.78, 5) is 10.8. The fourth-order valence-corrected chi connectivity index (χ4v) is 1.87. The van der Waals surface area contributed by atoms with E-state index in [1.54, 1.807) is 0 Å². The van der Waals surface area contributed by atoms with E-state index < -0.39 is 30.2 Å². The zero-order valence-electron chi connectivity index (χ0n) is 9.49. The van der Waals surface area contributed by atoms with E-state index >= 15 is 0 Å². The molecule has 0 atom stereocenters. The molecule has 0 aromatic carbocycles. The molecule has 0 bridgehead atoms. The maximum Gasteiger partial charge on any atom is 0.463 e. The van der Waals surface area contributed by atoms with E-state index in [4.69, 9.17) is 0 Å². The van der Waals surface area contributed by atoms with E-state index in [9.17, 15) is 31.9 Å². The highest BCUT2D eigenvalue weighted by Gasteiger charge is 2.63. The predicted octanol–water partition coefficient (Wildman–Crippen LogP) is 2.00. The zero-order chi connectivity index (χ0) is 14.0. The molecule has 0 radical (unpaired) electrons. The summed E-state index contributed by atoms with van der Waals surface area (Å²) in [5.41, 5.74) is -1.38. The first-order chi connectivity index (χ1) is 8.08. The van der Waals surface area contributed by atoms with Crippen LogP contribution in [0, 0.1) is 0 Å². The number of carbonyl (C=O) groups is 1. The number of halogens is 5. The fraction of sp³-hybridized carbons (Fsp3) is 0.900. The van der Waals surface area contributed by atoms with Crippen LogP contribution in [0.3, 0.4) is 0 Å². The van der Waals surface area contributed by atoms with Crippen molar-refractivity contribution in [2.75, 3.05) is 6.54 Å². The molecule has 0 aliphatic heterocycles. The third-order valence-corrected chi connectivity index (χ3v) is 3.00. The molecule has 2 N–H and O–H groups in total. The van der Waals surface area contributed by atoms with E-state index in [1.807, 2.05) is 0 Å². The number of alkyl halides is 5. The maximum atomic E-state index is 12.6. The molecule has 0 heterocycles. The molecule has 1 aliphatic carbocycles. The van der Waals surface area contributed by atoms with Crippen LogP contribution in [0.15, 0.2) is 0 Å². The lowest BCUT2D eigenvalue weighted by Gasteiger charge is -2.32. The van der Waals surface area contributed by atoms with E-state index in [0.29, 0.717) is 12.8 Å². The lowest BCUT2D eigenvalue weighted by atomic mass is 9.85. The molecule has 18 heavy (non-hydrogen) atoms. The lowest BCUT2D eigenvalue weighted by Crippen LogP contribution is -2.54. The van der Waals surface area contributed by atoms with Crippen molar-refractivity contribution in [3.63, 3.8) is 0 Å². The molecule has 0 aromatic rings. The summed E-state index contributed by atoms with van der Waals surface area (Å²) in [6.45, 7) is -0.586. The Kier molecular flexibility index (Phi) is 4.19.